The molecule has 0 fully saturated rings. The maximum atomic E-state index is 12.8. The average Bonchev–Trinajstić information content (AvgIpc) is 2.06. The maximum absolute atomic E-state index is 12.8. The number of aryl methyl sites for hydroxylation is 1. The third kappa shape index (κ3) is 3.44. The van der Waals surface area contributed by atoms with E-state index in [1.807, 2.05) is 0 Å². The molecular weight excluding hydrogens is 235 g/mol. The lowest BCUT2D eigenvalue weighted by molar-refractivity contribution is 0.185. The first-order valence-electron chi connectivity index (χ1n) is 4.21. The van der Waals surface area contributed by atoms with Crippen molar-refractivity contribution < 1.29 is 9.50 Å². The molecule has 0 radical (unpaired) electrons. The summed E-state index contributed by atoms with van der Waals surface area (Å²) in [5.74, 6) is -0.233. The Kier molecular flexibility index (Phi) is 3.88. The molecule has 72 valence electrons. The van der Waals surface area contributed by atoms with E-state index in [9.17, 15) is 4.39 Å². The Morgan fingerprint density at radius 1 is 1.54 bits per heavy atom. The fourth-order valence-electron chi connectivity index (χ4n) is 1.10. The van der Waals surface area contributed by atoms with Crippen LogP contribution in [-0.2, 0) is 6.42 Å². The van der Waals surface area contributed by atoms with Crippen LogP contribution in [0.2, 0.25) is 0 Å². The first-order valence-corrected chi connectivity index (χ1v) is 5.01. The van der Waals surface area contributed by atoms with Gasteiger partial charge in [-0.1, -0.05) is 15.9 Å². The number of aliphatic hydroxyl groups excluding tert-OH is 1. The van der Waals surface area contributed by atoms with E-state index in [1.165, 1.54) is 12.1 Å². The van der Waals surface area contributed by atoms with Gasteiger partial charge in [-0.15, -0.1) is 0 Å². The highest BCUT2D eigenvalue weighted by Crippen LogP contribution is 2.19. The highest BCUT2D eigenvalue weighted by atomic mass is 79.9. The Labute approximate surface area is 85.7 Å². The zero-order valence-corrected chi connectivity index (χ0v) is 9.01. The van der Waals surface area contributed by atoms with Crippen molar-refractivity contribution in [3.05, 3.63) is 34.1 Å². The molecule has 0 aromatic heterocycles. The van der Waals surface area contributed by atoms with E-state index in [2.05, 4.69) is 15.9 Å². The Hall–Kier alpha value is -0.410. The van der Waals surface area contributed by atoms with E-state index in [1.54, 1.807) is 13.0 Å². The van der Waals surface area contributed by atoms with Crippen molar-refractivity contribution in [2.24, 2.45) is 0 Å². The minimum atomic E-state index is -0.338. The molecule has 1 rings (SSSR count). The largest absolute Gasteiger partial charge is 0.393 e. The van der Waals surface area contributed by atoms with Gasteiger partial charge < -0.3 is 5.11 Å². The third-order valence-corrected chi connectivity index (χ3v) is 2.61. The number of rotatable bonds is 3. The SMILES string of the molecule is CC(O)CCc1cc(F)ccc1Br. The fourth-order valence-corrected chi connectivity index (χ4v) is 1.54. The quantitative estimate of drug-likeness (QED) is 0.870. The van der Waals surface area contributed by atoms with E-state index in [0.717, 1.165) is 10.0 Å². The molecule has 0 saturated carbocycles. The molecule has 1 atom stereocenters. The molecule has 1 unspecified atom stereocenters. The number of hydrogen-bond acceptors (Lipinski definition) is 1. The van der Waals surface area contributed by atoms with Gasteiger partial charge in [0.25, 0.3) is 0 Å². The maximum Gasteiger partial charge on any atom is 0.123 e. The first-order chi connectivity index (χ1) is 6.09. The van der Waals surface area contributed by atoms with E-state index in [4.69, 9.17) is 5.11 Å². The highest BCUT2D eigenvalue weighted by Gasteiger charge is 2.03. The average molecular weight is 247 g/mol. The molecule has 1 nitrogen and oxygen atoms in total. The smallest absolute Gasteiger partial charge is 0.123 e. The molecule has 0 aliphatic rings. The van der Waals surface area contributed by atoms with E-state index in [0.29, 0.717) is 12.8 Å². The molecule has 0 heterocycles. The van der Waals surface area contributed by atoms with Crippen LogP contribution >= 0.6 is 15.9 Å². The molecule has 1 aromatic rings. The Morgan fingerprint density at radius 3 is 2.85 bits per heavy atom. The molecule has 0 aliphatic carbocycles. The second kappa shape index (κ2) is 4.72. The standard InChI is InChI=1S/C10H12BrFO/c1-7(13)2-3-8-6-9(12)4-5-10(8)11/h4-7,13H,2-3H2,1H3. The van der Waals surface area contributed by atoms with Gasteiger partial charge >= 0.3 is 0 Å². The summed E-state index contributed by atoms with van der Waals surface area (Å²) in [5.41, 5.74) is 0.904. The molecular formula is C10H12BrFO. The Morgan fingerprint density at radius 2 is 2.23 bits per heavy atom. The van der Waals surface area contributed by atoms with Gasteiger partial charge in [-0.05, 0) is 43.5 Å². The van der Waals surface area contributed by atoms with Gasteiger partial charge in [0.15, 0.2) is 0 Å². The van der Waals surface area contributed by atoms with Gasteiger partial charge in [-0.3, -0.25) is 0 Å². The molecule has 13 heavy (non-hydrogen) atoms. The van der Waals surface area contributed by atoms with Crippen LogP contribution in [0.25, 0.3) is 0 Å². The summed E-state index contributed by atoms with van der Waals surface area (Å²) in [4.78, 5) is 0. The van der Waals surface area contributed by atoms with Crippen molar-refractivity contribution >= 4 is 15.9 Å². The van der Waals surface area contributed by atoms with Crippen molar-refractivity contribution in [1.29, 1.82) is 0 Å². The van der Waals surface area contributed by atoms with E-state index >= 15 is 0 Å². The summed E-state index contributed by atoms with van der Waals surface area (Å²) >= 11 is 3.33. The summed E-state index contributed by atoms with van der Waals surface area (Å²) < 4.78 is 13.7. The van der Waals surface area contributed by atoms with Crippen molar-refractivity contribution in [3.63, 3.8) is 0 Å². The lowest BCUT2D eigenvalue weighted by Gasteiger charge is -2.06. The van der Waals surface area contributed by atoms with Crippen molar-refractivity contribution in [3.8, 4) is 0 Å². The van der Waals surface area contributed by atoms with E-state index < -0.39 is 0 Å². The number of aliphatic hydroxyl groups is 1. The molecule has 0 bridgehead atoms. The summed E-state index contributed by atoms with van der Waals surface area (Å²) in [6, 6.07) is 4.59. The first kappa shape index (κ1) is 10.7. The van der Waals surface area contributed by atoms with Crippen LogP contribution in [0.5, 0.6) is 0 Å². The summed E-state index contributed by atoms with van der Waals surface area (Å²) in [6.07, 6.45) is 1.01. The van der Waals surface area contributed by atoms with Crippen molar-refractivity contribution in [1.82, 2.24) is 0 Å². The molecule has 0 saturated heterocycles. The zero-order valence-electron chi connectivity index (χ0n) is 7.43. The predicted octanol–water partition coefficient (Wildman–Crippen LogP) is 2.90. The molecule has 1 N–H and O–H groups in total. The normalized spacial score (nSPS) is 12.9. The predicted molar refractivity (Wildman–Crippen MR) is 54.1 cm³/mol. The highest BCUT2D eigenvalue weighted by molar-refractivity contribution is 9.10. The molecule has 0 aliphatic heterocycles. The Bertz CT molecular complexity index is 286. The number of benzene rings is 1. The minimum absolute atomic E-state index is 0.233. The molecule has 3 heteroatoms. The van der Waals surface area contributed by atoms with Gasteiger partial charge in [0.05, 0.1) is 6.10 Å². The monoisotopic (exact) mass is 246 g/mol. The van der Waals surface area contributed by atoms with Crippen LogP contribution in [0, 0.1) is 5.82 Å². The van der Waals surface area contributed by atoms with Gasteiger partial charge in [0.2, 0.25) is 0 Å². The molecule has 1 aromatic carbocycles. The minimum Gasteiger partial charge on any atom is -0.393 e. The van der Waals surface area contributed by atoms with Gasteiger partial charge in [0, 0.05) is 4.47 Å². The summed E-state index contributed by atoms with van der Waals surface area (Å²) in [6.45, 7) is 1.73. The second-order valence-corrected chi connectivity index (χ2v) is 3.98. The Balaban J connectivity index is 2.70. The van der Waals surface area contributed by atoms with Crippen LogP contribution in [0.4, 0.5) is 4.39 Å². The van der Waals surface area contributed by atoms with Crippen molar-refractivity contribution in [2.75, 3.05) is 0 Å². The van der Waals surface area contributed by atoms with Crippen LogP contribution in [0.3, 0.4) is 0 Å². The third-order valence-electron chi connectivity index (χ3n) is 1.84. The lowest BCUT2D eigenvalue weighted by atomic mass is 10.1. The van der Waals surface area contributed by atoms with Crippen molar-refractivity contribution in [2.45, 2.75) is 25.9 Å². The topological polar surface area (TPSA) is 20.2 Å². The second-order valence-electron chi connectivity index (χ2n) is 3.12. The van der Waals surface area contributed by atoms with Crippen LogP contribution < -0.4 is 0 Å². The number of hydrogen-bond donors (Lipinski definition) is 1. The fraction of sp³-hybridized carbons (Fsp3) is 0.400. The molecule has 0 amide bonds. The number of halogens is 2. The van der Waals surface area contributed by atoms with E-state index in [-0.39, 0.29) is 11.9 Å². The molecule has 0 spiro atoms. The van der Waals surface area contributed by atoms with Gasteiger partial charge in [0.1, 0.15) is 5.82 Å². The van der Waals surface area contributed by atoms with Gasteiger partial charge in [-0.2, -0.15) is 0 Å². The van der Waals surface area contributed by atoms with Crippen LogP contribution in [-0.4, -0.2) is 11.2 Å². The summed E-state index contributed by atoms with van der Waals surface area (Å²) in [5, 5.41) is 9.06. The lowest BCUT2D eigenvalue weighted by Crippen LogP contribution is -2.01. The van der Waals surface area contributed by atoms with Gasteiger partial charge in [-0.25, -0.2) is 4.39 Å². The van der Waals surface area contributed by atoms with Crippen LogP contribution in [0.1, 0.15) is 18.9 Å². The summed E-state index contributed by atoms with van der Waals surface area (Å²) in [7, 11) is 0. The zero-order chi connectivity index (χ0) is 9.84. The van der Waals surface area contributed by atoms with Crippen LogP contribution in [0.15, 0.2) is 22.7 Å².